The average Bonchev–Trinajstić information content (AvgIpc) is 2.33. The molecule has 0 N–H and O–H groups in total. The first-order valence-corrected chi connectivity index (χ1v) is 8.20. The normalized spacial score (nSPS) is 12.9. The Kier molecular flexibility index (Phi) is 5.70. The minimum atomic E-state index is -3.67. The van der Waals surface area contributed by atoms with Crippen LogP contribution in [0.4, 0.5) is 10.1 Å². The minimum absolute atomic E-state index is 0.0606. The molecular weight excluding hydrogens is 313 g/mol. The van der Waals surface area contributed by atoms with Gasteiger partial charge < -0.3 is 4.74 Å². The maximum atomic E-state index is 12.9. The van der Waals surface area contributed by atoms with E-state index in [1.165, 1.54) is 0 Å². The number of hydrogen-bond acceptors (Lipinski definition) is 5. The van der Waals surface area contributed by atoms with Crippen molar-refractivity contribution in [3.8, 4) is 5.75 Å². The molecule has 0 amide bonds. The summed E-state index contributed by atoms with van der Waals surface area (Å²) in [5.41, 5.74) is -0.506. The maximum absolute atomic E-state index is 12.9. The van der Waals surface area contributed by atoms with Gasteiger partial charge in [-0.3, -0.25) is 10.1 Å². The lowest BCUT2D eigenvalue weighted by Crippen LogP contribution is -2.19. The first kappa shape index (κ1) is 16.6. The number of nitro benzene ring substituents is 1. The third-order valence-corrected chi connectivity index (χ3v) is 3.85. The van der Waals surface area contributed by atoms with Gasteiger partial charge in [0.1, 0.15) is 5.82 Å². The highest BCUT2D eigenvalue weighted by Gasteiger charge is 2.20. The summed E-state index contributed by atoms with van der Waals surface area (Å²) in [6, 6.07) is 2.91. The van der Waals surface area contributed by atoms with E-state index in [0.29, 0.717) is 6.42 Å². The second-order valence-electron chi connectivity index (χ2n) is 4.16. The summed E-state index contributed by atoms with van der Waals surface area (Å²) in [6.45, 7) is 1.68. The number of benzene rings is 1. The number of nitrogens with zero attached hydrogens (tertiary/aromatic N) is 1. The standard InChI is InChI=1S/C11H13ClFNO5S/c1-2-8(7-20(12,17)18)6-19-11-4-3-9(13)5-10(11)14(15)16/h3-5,8H,2,6-7H2,1H3. The Balaban J connectivity index is 2.81. The summed E-state index contributed by atoms with van der Waals surface area (Å²) in [4.78, 5) is 9.99. The molecule has 1 aromatic rings. The van der Waals surface area contributed by atoms with Crippen molar-refractivity contribution in [3.63, 3.8) is 0 Å². The smallest absolute Gasteiger partial charge is 0.313 e. The van der Waals surface area contributed by atoms with E-state index in [9.17, 15) is 22.9 Å². The molecule has 0 spiro atoms. The van der Waals surface area contributed by atoms with Gasteiger partial charge in [-0.2, -0.15) is 0 Å². The SMILES string of the molecule is CCC(COc1ccc(F)cc1[N+](=O)[O-])CS(=O)(=O)Cl. The van der Waals surface area contributed by atoms with Gasteiger partial charge in [-0.25, -0.2) is 12.8 Å². The predicted molar refractivity (Wildman–Crippen MR) is 72.0 cm³/mol. The minimum Gasteiger partial charge on any atom is -0.486 e. The Hall–Kier alpha value is -1.41. The Bertz CT molecular complexity index is 592. The molecule has 0 radical (unpaired) electrons. The first-order chi connectivity index (χ1) is 9.23. The van der Waals surface area contributed by atoms with Crippen molar-refractivity contribution in [2.75, 3.05) is 12.4 Å². The van der Waals surface area contributed by atoms with Crippen LogP contribution in [0.2, 0.25) is 0 Å². The molecule has 1 rings (SSSR count). The Morgan fingerprint density at radius 3 is 2.65 bits per heavy atom. The molecule has 0 aliphatic carbocycles. The molecule has 0 fully saturated rings. The molecule has 112 valence electrons. The second kappa shape index (κ2) is 6.85. The van der Waals surface area contributed by atoms with Crippen molar-refractivity contribution < 1.29 is 22.5 Å². The highest BCUT2D eigenvalue weighted by Crippen LogP contribution is 2.28. The number of ether oxygens (including phenoxy) is 1. The number of hydrogen-bond donors (Lipinski definition) is 0. The molecule has 0 heterocycles. The molecule has 0 saturated carbocycles. The molecule has 0 aliphatic rings. The Morgan fingerprint density at radius 1 is 1.50 bits per heavy atom. The van der Waals surface area contributed by atoms with Gasteiger partial charge in [0.05, 0.1) is 23.3 Å². The summed E-state index contributed by atoms with van der Waals surface area (Å²) >= 11 is 0. The largest absolute Gasteiger partial charge is 0.486 e. The van der Waals surface area contributed by atoms with E-state index >= 15 is 0 Å². The highest BCUT2D eigenvalue weighted by molar-refractivity contribution is 8.13. The van der Waals surface area contributed by atoms with E-state index in [1.807, 2.05) is 0 Å². The summed E-state index contributed by atoms with van der Waals surface area (Å²) in [5, 5.41) is 10.8. The summed E-state index contributed by atoms with van der Waals surface area (Å²) in [6.07, 6.45) is 0.473. The molecule has 1 aromatic carbocycles. The van der Waals surface area contributed by atoms with E-state index in [1.54, 1.807) is 6.92 Å². The fourth-order valence-corrected chi connectivity index (χ4v) is 2.96. The molecule has 0 saturated heterocycles. The lowest BCUT2D eigenvalue weighted by molar-refractivity contribution is -0.386. The zero-order valence-electron chi connectivity index (χ0n) is 10.6. The van der Waals surface area contributed by atoms with Gasteiger partial charge in [-0.05, 0) is 18.6 Å². The fraction of sp³-hybridized carbons (Fsp3) is 0.455. The Morgan fingerprint density at radius 2 is 2.15 bits per heavy atom. The van der Waals surface area contributed by atoms with Crippen LogP contribution in [0.1, 0.15) is 13.3 Å². The molecule has 1 atom stereocenters. The van der Waals surface area contributed by atoms with E-state index in [2.05, 4.69) is 0 Å². The second-order valence-corrected chi connectivity index (χ2v) is 6.98. The van der Waals surface area contributed by atoms with E-state index < -0.39 is 31.4 Å². The summed E-state index contributed by atoms with van der Waals surface area (Å²) in [7, 11) is 1.48. The van der Waals surface area contributed by atoms with Gasteiger partial charge in [0.2, 0.25) is 9.05 Å². The monoisotopic (exact) mass is 325 g/mol. The summed E-state index contributed by atoms with van der Waals surface area (Å²) < 4.78 is 40.1. The Labute approximate surface area is 120 Å². The molecule has 0 aliphatic heterocycles. The summed E-state index contributed by atoms with van der Waals surface area (Å²) in [5.74, 6) is -1.55. The van der Waals surface area contributed by atoms with Crippen LogP contribution in [0.3, 0.4) is 0 Å². The number of rotatable bonds is 7. The molecule has 0 bridgehead atoms. The lowest BCUT2D eigenvalue weighted by Gasteiger charge is -2.14. The third kappa shape index (κ3) is 5.30. The van der Waals surface area contributed by atoms with Gasteiger partial charge in [0.15, 0.2) is 5.75 Å². The van der Waals surface area contributed by atoms with E-state index in [0.717, 1.165) is 18.2 Å². The van der Waals surface area contributed by atoms with Crippen molar-refractivity contribution >= 4 is 25.4 Å². The lowest BCUT2D eigenvalue weighted by atomic mass is 10.1. The van der Waals surface area contributed by atoms with E-state index in [4.69, 9.17) is 15.4 Å². The number of halogens is 2. The quantitative estimate of drug-likeness (QED) is 0.437. The zero-order valence-corrected chi connectivity index (χ0v) is 12.2. The number of nitro groups is 1. The van der Waals surface area contributed by atoms with Gasteiger partial charge in [-0.15, -0.1) is 0 Å². The van der Waals surface area contributed by atoms with Crippen LogP contribution < -0.4 is 4.74 Å². The van der Waals surface area contributed by atoms with Crippen molar-refractivity contribution in [1.29, 1.82) is 0 Å². The average molecular weight is 326 g/mol. The fourth-order valence-electron chi connectivity index (χ4n) is 1.53. The molecule has 9 heteroatoms. The molecule has 0 aromatic heterocycles. The van der Waals surface area contributed by atoms with Gasteiger partial charge in [0, 0.05) is 16.6 Å². The highest BCUT2D eigenvalue weighted by atomic mass is 35.7. The zero-order chi connectivity index (χ0) is 15.3. The van der Waals surface area contributed by atoms with Crippen molar-refractivity contribution in [3.05, 3.63) is 34.1 Å². The van der Waals surface area contributed by atoms with Crippen LogP contribution in [0, 0.1) is 21.8 Å². The van der Waals surface area contributed by atoms with Crippen LogP contribution in [0.15, 0.2) is 18.2 Å². The first-order valence-electron chi connectivity index (χ1n) is 5.72. The van der Waals surface area contributed by atoms with Crippen LogP contribution in [0.25, 0.3) is 0 Å². The molecule has 1 unspecified atom stereocenters. The maximum Gasteiger partial charge on any atom is 0.313 e. The van der Waals surface area contributed by atoms with Crippen LogP contribution in [0.5, 0.6) is 5.75 Å². The van der Waals surface area contributed by atoms with Crippen LogP contribution >= 0.6 is 10.7 Å². The van der Waals surface area contributed by atoms with Gasteiger partial charge in [-0.1, -0.05) is 6.92 Å². The van der Waals surface area contributed by atoms with Crippen LogP contribution in [-0.2, 0) is 9.05 Å². The molecule has 6 nitrogen and oxygen atoms in total. The molecule has 20 heavy (non-hydrogen) atoms. The van der Waals surface area contributed by atoms with Gasteiger partial charge >= 0.3 is 5.69 Å². The van der Waals surface area contributed by atoms with Crippen molar-refractivity contribution in [2.45, 2.75) is 13.3 Å². The predicted octanol–water partition coefficient (Wildman–Crippen LogP) is 2.71. The van der Waals surface area contributed by atoms with Crippen LogP contribution in [-0.4, -0.2) is 25.7 Å². The van der Waals surface area contributed by atoms with Crippen molar-refractivity contribution in [1.82, 2.24) is 0 Å². The van der Waals surface area contributed by atoms with Crippen molar-refractivity contribution in [2.24, 2.45) is 5.92 Å². The topological polar surface area (TPSA) is 86.5 Å². The van der Waals surface area contributed by atoms with Gasteiger partial charge in [0.25, 0.3) is 0 Å². The van der Waals surface area contributed by atoms with E-state index in [-0.39, 0.29) is 18.1 Å². The third-order valence-electron chi connectivity index (χ3n) is 2.60. The molecular formula is C11H13ClFNO5S.